The van der Waals surface area contributed by atoms with Crippen molar-refractivity contribution in [2.24, 2.45) is 0 Å². The molecule has 1 aromatic heterocycles. The summed E-state index contributed by atoms with van der Waals surface area (Å²) in [6.07, 6.45) is 1.55. The normalized spacial score (nSPS) is 10.4. The van der Waals surface area contributed by atoms with Gasteiger partial charge in [0.15, 0.2) is 0 Å². The van der Waals surface area contributed by atoms with Gasteiger partial charge in [-0.25, -0.2) is 4.98 Å². The van der Waals surface area contributed by atoms with Gasteiger partial charge in [-0.1, -0.05) is 11.6 Å². The number of hydrogen-bond donors (Lipinski definition) is 1. The minimum atomic E-state index is 0.171. The highest BCUT2D eigenvalue weighted by atomic mass is 35.5. The third-order valence-corrected chi connectivity index (χ3v) is 2.33. The number of aromatic hydroxyl groups is 1. The van der Waals surface area contributed by atoms with Crippen molar-refractivity contribution in [3.8, 4) is 11.5 Å². The van der Waals surface area contributed by atoms with Crippen LogP contribution in [-0.2, 0) is 0 Å². The zero-order valence-electron chi connectivity index (χ0n) is 7.49. The van der Waals surface area contributed by atoms with Gasteiger partial charge in [-0.15, -0.1) is 0 Å². The van der Waals surface area contributed by atoms with Crippen molar-refractivity contribution in [1.29, 1.82) is 0 Å². The summed E-state index contributed by atoms with van der Waals surface area (Å²) in [5.74, 6) is 0.779. The van der Waals surface area contributed by atoms with Gasteiger partial charge in [0.05, 0.1) is 12.5 Å². The third kappa shape index (κ3) is 1.26. The van der Waals surface area contributed by atoms with E-state index in [0.29, 0.717) is 21.7 Å². The predicted octanol–water partition coefficient (Wildman–Crippen LogP) is 2.60. The zero-order valence-corrected chi connectivity index (χ0v) is 8.25. The molecule has 0 aliphatic carbocycles. The Labute approximate surface area is 85.9 Å². The molecule has 1 aromatic carbocycles. The first-order valence-corrected chi connectivity index (χ1v) is 4.42. The van der Waals surface area contributed by atoms with Crippen LogP contribution in [0.3, 0.4) is 0 Å². The van der Waals surface area contributed by atoms with Crippen molar-refractivity contribution in [3.05, 3.63) is 29.5 Å². The molecule has 14 heavy (non-hydrogen) atoms. The summed E-state index contributed by atoms with van der Waals surface area (Å²) in [4.78, 5) is 3.93. The van der Waals surface area contributed by atoms with Crippen molar-refractivity contribution < 1.29 is 9.84 Å². The largest absolute Gasteiger partial charge is 0.507 e. The average Bonchev–Trinajstić information content (AvgIpc) is 2.20. The SMILES string of the molecule is COc1ccc(O)c2ccnc(Cl)c12. The summed E-state index contributed by atoms with van der Waals surface area (Å²) in [7, 11) is 1.55. The summed E-state index contributed by atoms with van der Waals surface area (Å²) in [5, 5.41) is 11.2. The Balaban J connectivity index is 2.92. The number of halogens is 1. The van der Waals surface area contributed by atoms with E-state index >= 15 is 0 Å². The number of hydrogen-bond acceptors (Lipinski definition) is 3. The number of aromatic nitrogens is 1. The quantitative estimate of drug-likeness (QED) is 0.735. The minimum Gasteiger partial charge on any atom is -0.507 e. The van der Waals surface area contributed by atoms with Gasteiger partial charge in [0.1, 0.15) is 16.7 Å². The van der Waals surface area contributed by atoms with Gasteiger partial charge in [0.25, 0.3) is 0 Å². The Morgan fingerprint density at radius 3 is 2.86 bits per heavy atom. The number of phenols is 1. The van der Waals surface area contributed by atoms with Gasteiger partial charge < -0.3 is 9.84 Å². The first-order chi connectivity index (χ1) is 6.74. The Morgan fingerprint density at radius 2 is 2.14 bits per heavy atom. The molecule has 0 amide bonds. The van der Waals surface area contributed by atoms with Gasteiger partial charge in [-0.3, -0.25) is 0 Å². The summed E-state index contributed by atoms with van der Waals surface area (Å²) < 4.78 is 5.13. The second-order valence-electron chi connectivity index (χ2n) is 2.81. The van der Waals surface area contributed by atoms with Crippen molar-refractivity contribution in [2.75, 3.05) is 7.11 Å². The fourth-order valence-corrected chi connectivity index (χ4v) is 1.63. The summed E-state index contributed by atoms with van der Waals surface area (Å²) in [6, 6.07) is 4.92. The summed E-state index contributed by atoms with van der Waals surface area (Å²) >= 11 is 5.91. The average molecular weight is 210 g/mol. The highest BCUT2D eigenvalue weighted by Crippen LogP contribution is 2.35. The number of methoxy groups -OCH3 is 1. The highest BCUT2D eigenvalue weighted by Gasteiger charge is 2.09. The molecule has 0 bridgehead atoms. The van der Waals surface area contributed by atoms with E-state index in [1.54, 1.807) is 31.5 Å². The van der Waals surface area contributed by atoms with Crippen LogP contribution in [0, 0.1) is 0 Å². The standard InChI is InChI=1S/C10H8ClNO2/c1-14-8-3-2-7(13)6-4-5-12-10(11)9(6)8/h2-5,13H,1H3. The van der Waals surface area contributed by atoms with Crippen LogP contribution in [0.5, 0.6) is 11.5 Å². The van der Waals surface area contributed by atoms with Crippen molar-refractivity contribution in [1.82, 2.24) is 4.98 Å². The zero-order chi connectivity index (χ0) is 10.1. The summed E-state index contributed by atoms with van der Waals surface area (Å²) in [6.45, 7) is 0. The lowest BCUT2D eigenvalue weighted by Gasteiger charge is -2.07. The molecule has 0 spiro atoms. The lowest BCUT2D eigenvalue weighted by molar-refractivity contribution is 0.418. The molecule has 0 fully saturated rings. The second kappa shape index (κ2) is 3.35. The monoisotopic (exact) mass is 209 g/mol. The van der Waals surface area contributed by atoms with E-state index in [9.17, 15) is 5.11 Å². The number of fused-ring (bicyclic) bond motifs is 1. The van der Waals surface area contributed by atoms with Crippen LogP contribution >= 0.6 is 11.6 Å². The van der Waals surface area contributed by atoms with E-state index in [-0.39, 0.29) is 5.75 Å². The first kappa shape index (κ1) is 9.09. The van der Waals surface area contributed by atoms with E-state index < -0.39 is 0 Å². The molecule has 0 unspecified atom stereocenters. The van der Waals surface area contributed by atoms with Gasteiger partial charge in [-0.05, 0) is 18.2 Å². The Hall–Kier alpha value is -1.48. The van der Waals surface area contributed by atoms with Crippen molar-refractivity contribution in [3.63, 3.8) is 0 Å². The van der Waals surface area contributed by atoms with Crippen molar-refractivity contribution in [2.45, 2.75) is 0 Å². The predicted molar refractivity (Wildman–Crippen MR) is 55.0 cm³/mol. The van der Waals surface area contributed by atoms with E-state index in [4.69, 9.17) is 16.3 Å². The molecule has 0 saturated heterocycles. The Kier molecular flexibility index (Phi) is 2.17. The third-order valence-electron chi connectivity index (χ3n) is 2.04. The molecule has 0 atom stereocenters. The highest BCUT2D eigenvalue weighted by molar-refractivity contribution is 6.35. The van der Waals surface area contributed by atoms with Gasteiger partial charge in [0.2, 0.25) is 0 Å². The molecule has 4 heteroatoms. The molecule has 3 nitrogen and oxygen atoms in total. The molecule has 0 aliphatic heterocycles. The minimum absolute atomic E-state index is 0.171. The fourth-order valence-electron chi connectivity index (χ4n) is 1.38. The van der Waals surface area contributed by atoms with Crippen molar-refractivity contribution >= 4 is 22.4 Å². The van der Waals surface area contributed by atoms with Crippen LogP contribution in [0.4, 0.5) is 0 Å². The van der Waals surface area contributed by atoms with Crippen LogP contribution in [0.2, 0.25) is 5.15 Å². The first-order valence-electron chi connectivity index (χ1n) is 4.04. The molecular weight excluding hydrogens is 202 g/mol. The molecule has 0 radical (unpaired) electrons. The smallest absolute Gasteiger partial charge is 0.140 e. The number of ether oxygens (including phenoxy) is 1. The maximum absolute atomic E-state index is 9.57. The van der Waals surface area contributed by atoms with Crippen LogP contribution in [0.1, 0.15) is 0 Å². The van der Waals surface area contributed by atoms with Crippen LogP contribution in [0.15, 0.2) is 24.4 Å². The molecule has 0 saturated carbocycles. The Morgan fingerprint density at radius 1 is 1.36 bits per heavy atom. The number of phenolic OH excluding ortho intramolecular Hbond substituents is 1. The molecular formula is C10H8ClNO2. The number of pyridine rings is 1. The van der Waals surface area contributed by atoms with Crippen LogP contribution in [0.25, 0.3) is 10.8 Å². The topological polar surface area (TPSA) is 42.4 Å². The molecule has 1 heterocycles. The maximum atomic E-state index is 9.57. The molecule has 2 rings (SSSR count). The van der Waals surface area contributed by atoms with E-state index in [1.807, 2.05) is 0 Å². The van der Waals surface area contributed by atoms with Gasteiger partial charge >= 0.3 is 0 Å². The van der Waals surface area contributed by atoms with Crippen LogP contribution in [-0.4, -0.2) is 17.2 Å². The van der Waals surface area contributed by atoms with E-state index in [0.717, 1.165) is 0 Å². The summed E-state index contributed by atoms with van der Waals surface area (Å²) in [5.41, 5.74) is 0. The Bertz CT molecular complexity index is 485. The van der Waals surface area contributed by atoms with Gasteiger partial charge in [-0.2, -0.15) is 0 Å². The van der Waals surface area contributed by atoms with Gasteiger partial charge in [0, 0.05) is 11.6 Å². The molecule has 0 aliphatic rings. The van der Waals surface area contributed by atoms with Crippen LogP contribution < -0.4 is 4.74 Å². The van der Waals surface area contributed by atoms with E-state index in [1.165, 1.54) is 0 Å². The molecule has 72 valence electrons. The second-order valence-corrected chi connectivity index (χ2v) is 3.17. The maximum Gasteiger partial charge on any atom is 0.140 e. The van der Waals surface area contributed by atoms with E-state index in [2.05, 4.69) is 4.98 Å². The molecule has 2 aromatic rings. The molecule has 1 N–H and O–H groups in total. The number of rotatable bonds is 1. The lowest BCUT2D eigenvalue weighted by Crippen LogP contribution is -1.87. The fraction of sp³-hybridized carbons (Fsp3) is 0.100. The number of benzene rings is 1. The lowest BCUT2D eigenvalue weighted by atomic mass is 10.1. The number of nitrogens with zero attached hydrogens (tertiary/aromatic N) is 1.